The Balaban J connectivity index is 1.78. The minimum Gasteiger partial charge on any atom is -0.483 e. The number of nitrogens with zero attached hydrogens (tertiary/aromatic N) is 3. The summed E-state index contributed by atoms with van der Waals surface area (Å²) in [7, 11) is 0. The molecule has 0 fully saturated rings. The Hall–Kier alpha value is -2.95. The molecule has 1 aromatic carbocycles. The molecule has 2 aromatic heterocycles. The summed E-state index contributed by atoms with van der Waals surface area (Å²) in [5.74, 6) is 1.59. The molecule has 0 bridgehead atoms. The maximum atomic E-state index is 5.52. The third-order valence-electron chi connectivity index (χ3n) is 3.68. The molecule has 1 aliphatic rings. The van der Waals surface area contributed by atoms with Gasteiger partial charge in [0.25, 0.3) is 5.88 Å². The Morgan fingerprint density at radius 3 is 2.61 bits per heavy atom. The maximum absolute atomic E-state index is 5.52. The standard InChI is InChI=1S/C18H15N3O2/c1-12-7-8-14(20-16(12)13-5-3-2-4-6-13)17-19-11-15-18(21-17)23-10-9-22-15/h2-8,11H,9-10H2,1H3. The minimum atomic E-state index is 0.477. The van der Waals surface area contributed by atoms with Crippen molar-refractivity contribution in [3.8, 4) is 34.4 Å². The van der Waals surface area contributed by atoms with Gasteiger partial charge in [-0.15, -0.1) is 0 Å². The van der Waals surface area contributed by atoms with Crippen LogP contribution in [0.1, 0.15) is 5.56 Å². The topological polar surface area (TPSA) is 57.1 Å². The summed E-state index contributed by atoms with van der Waals surface area (Å²) in [6.45, 7) is 3.07. The van der Waals surface area contributed by atoms with Crippen molar-refractivity contribution in [3.63, 3.8) is 0 Å². The Morgan fingerprint density at radius 2 is 1.74 bits per heavy atom. The first kappa shape index (κ1) is 13.7. The van der Waals surface area contributed by atoms with Gasteiger partial charge in [0.05, 0.1) is 11.9 Å². The van der Waals surface area contributed by atoms with Crippen LogP contribution in [0.3, 0.4) is 0 Å². The van der Waals surface area contributed by atoms with Crippen LogP contribution in [-0.2, 0) is 0 Å². The van der Waals surface area contributed by atoms with E-state index in [0.29, 0.717) is 36.4 Å². The zero-order chi connectivity index (χ0) is 15.6. The summed E-state index contributed by atoms with van der Waals surface area (Å²) in [6, 6.07) is 14.0. The van der Waals surface area contributed by atoms with Crippen LogP contribution in [0.2, 0.25) is 0 Å². The smallest absolute Gasteiger partial charge is 0.260 e. The molecule has 4 rings (SSSR count). The molecule has 5 heteroatoms. The van der Waals surface area contributed by atoms with Gasteiger partial charge < -0.3 is 9.47 Å². The normalized spacial score (nSPS) is 12.9. The van der Waals surface area contributed by atoms with Gasteiger partial charge in [-0.05, 0) is 18.6 Å². The third-order valence-corrected chi connectivity index (χ3v) is 3.68. The number of aryl methyl sites for hydroxylation is 1. The number of hydrogen-bond donors (Lipinski definition) is 0. The third kappa shape index (κ3) is 2.61. The monoisotopic (exact) mass is 305 g/mol. The molecule has 0 spiro atoms. The van der Waals surface area contributed by atoms with Crippen molar-refractivity contribution in [2.45, 2.75) is 6.92 Å². The summed E-state index contributed by atoms with van der Waals surface area (Å²) < 4.78 is 11.0. The Morgan fingerprint density at radius 1 is 0.913 bits per heavy atom. The highest BCUT2D eigenvalue weighted by molar-refractivity contribution is 5.66. The minimum absolute atomic E-state index is 0.477. The van der Waals surface area contributed by atoms with Crippen molar-refractivity contribution in [3.05, 3.63) is 54.2 Å². The molecular weight excluding hydrogens is 290 g/mol. The predicted molar refractivity (Wildman–Crippen MR) is 86.4 cm³/mol. The second kappa shape index (κ2) is 5.68. The van der Waals surface area contributed by atoms with E-state index >= 15 is 0 Å². The summed E-state index contributed by atoms with van der Waals surface area (Å²) in [6.07, 6.45) is 1.64. The van der Waals surface area contributed by atoms with Gasteiger partial charge in [0.1, 0.15) is 18.9 Å². The first-order chi connectivity index (χ1) is 11.3. The molecule has 0 atom stereocenters. The molecule has 1 aliphatic heterocycles. The molecule has 0 unspecified atom stereocenters. The Bertz CT molecular complexity index is 850. The lowest BCUT2D eigenvalue weighted by molar-refractivity contribution is 0.163. The molecule has 0 amide bonds. The number of pyridine rings is 1. The van der Waals surface area contributed by atoms with Crippen LogP contribution in [0.15, 0.2) is 48.7 Å². The zero-order valence-electron chi connectivity index (χ0n) is 12.7. The quantitative estimate of drug-likeness (QED) is 0.727. The lowest BCUT2D eigenvalue weighted by Crippen LogP contribution is -2.17. The number of hydrogen-bond acceptors (Lipinski definition) is 5. The van der Waals surface area contributed by atoms with Crippen LogP contribution in [0.4, 0.5) is 0 Å². The fraction of sp³-hybridized carbons (Fsp3) is 0.167. The van der Waals surface area contributed by atoms with Crippen LogP contribution in [0.5, 0.6) is 11.6 Å². The van der Waals surface area contributed by atoms with Gasteiger partial charge >= 0.3 is 0 Å². The second-order valence-corrected chi connectivity index (χ2v) is 5.29. The number of ether oxygens (including phenoxy) is 2. The van der Waals surface area contributed by atoms with Crippen LogP contribution in [0.25, 0.3) is 22.8 Å². The van der Waals surface area contributed by atoms with Crippen molar-refractivity contribution in [2.75, 3.05) is 13.2 Å². The van der Waals surface area contributed by atoms with Gasteiger partial charge in [0.2, 0.25) is 0 Å². The molecule has 0 saturated carbocycles. The Kier molecular flexibility index (Phi) is 3.38. The van der Waals surface area contributed by atoms with Crippen molar-refractivity contribution in [1.82, 2.24) is 15.0 Å². The van der Waals surface area contributed by atoms with E-state index in [1.54, 1.807) is 6.20 Å². The van der Waals surface area contributed by atoms with E-state index in [0.717, 1.165) is 16.8 Å². The van der Waals surface area contributed by atoms with E-state index in [1.807, 2.05) is 49.4 Å². The molecule has 23 heavy (non-hydrogen) atoms. The first-order valence-electron chi connectivity index (χ1n) is 7.47. The molecule has 114 valence electrons. The van der Waals surface area contributed by atoms with Crippen molar-refractivity contribution in [1.29, 1.82) is 0 Å². The van der Waals surface area contributed by atoms with Gasteiger partial charge in [-0.25, -0.2) is 9.97 Å². The van der Waals surface area contributed by atoms with E-state index in [9.17, 15) is 0 Å². The molecule has 3 heterocycles. The molecule has 0 aliphatic carbocycles. The van der Waals surface area contributed by atoms with Crippen LogP contribution in [0, 0.1) is 6.92 Å². The second-order valence-electron chi connectivity index (χ2n) is 5.29. The van der Waals surface area contributed by atoms with Crippen molar-refractivity contribution in [2.24, 2.45) is 0 Å². The fourth-order valence-corrected chi connectivity index (χ4v) is 2.51. The van der Waals surface area contributed by atoms with Gasteiger partial charge in [-0.3, -0.25) is 0 Å². The molecule has 5 nitrogen and oxygen atoms in total. The van der Waals surface area contributed by atoms with Crippen molar-refractivity contribution >= 4 is 0 Å². The number of benzene rings is 1. The largest absolute Gasteiger partial charge is 0.483 e. The highest BCUT2D eigenvalue weighted by Crippen LogP contribution is 2.30. The van der Waals surface area contributed by atoms with E-state index in [-0.39, 0.29) is 0 Å². The average molecular weight is 305 g/mol. The number of rotatable bonds is 2. The van der Waals surface area contributed by atoms with Gasteiger partial charge in [0, 0.05) is 5.56 Å². The number of fused-ring (bicyclic) bond motifs is 1. The highest BCUT2D eigenvalue weighted by atomic mass is 16.6. The van der Waals surface area contributed by atoms with Crippen molar-refractivity contribution < 1.29 is 9.47 Å². The average Bonchev–Trinajstić information content (AvgIpc) is 2.62. The van der Waals surface area contributed by atoms with Gasteiger partial charge in [-0.1, -0.05) is 36.4 Å². The van der Waals surface area contributed by atoms with Gasteiger partial charge in [-0.2, -0.15) is 4.98 Å². The van der Waals surface area contributed by atoms with E-state index in [1.165, 1.54) is 0 Å². The lowest BCUT2D eigenvalue weighted by atomic mass is 10.1. The van der Waals surface area contributed by atoms with Gasteiger partial charge in [0.15, 0.2) is 11.6 Å². The molecule has 0 N–H and O–H groups in total. The molecule has 0 saturated heterocycles. The summed E-state index contributed by atoms with van der Waals surface area (Å²) in [5, 5.41) is 0. The SMILES string of the molecule is Cc1ccc(-c2ncc3c(n2)OCCO3)nc1-c1ccccc1. The predicted octanol–water partition coefficient (Wildman–Crippen LogP) is 3.29. The fourth-order valence-electron chi connectivity index (χ4n) is 2.51. The summed E-state index contributed by atoms with van der Waals surface area (Å²) in [5.41, 5.74) is 3.83. The number of aromatic nitrogens is 3. The van der Waals surface area contributed by atoms with E-state index in [4.69, 9.17) is 14.5 Å². The summed E-state index contributed by atoms with van der Waals surface area (Å²) in [4.78, 5) is 13.5. The molecular formula is C18H15N3O2. The first-order valence-corrected chi connectivity index (χ1v) is 7.47. The highest BCUT2D eigenvalue weighted by Gasteiger charge is 2.16. The van der Waals surface area contributed by atoms with Crippen LogP contribution < -0.4 is 9.47 Å². The molecule has 3 aromatic rings. The lowest BCUT2D eigenvalue weighted by Gasteiger charge is -2.17. The summed E-state index contributed by atoms with van der Waals surface area (Å²) >= 11 is 0. The Labute approximate surface area is 134 Å². The maximum Gasteiger partial charge on any atom is 0.260 e. The van der Waals surface area contributed by atoms with E-state index in [2.05, 4.69) is 9.97 Å². The zero-order valence-corrected chi connectivity index (χ0v) is 12.7. The van der Waals surface area contributed by atoms with Crippen LogP contribution in [-0.4, -0.2) is 28.2 Å². The van der Waals surface area contributed by atoms with E-state index < -0.39 is 0 Å². The molecule has 0 radical (unpaired) electrons. The van der Waals surface area contributed by atoms with Crippen LogP contribution >= 0.6 is 0 Å².